The van der Waals surface area contributed by atoms with Gasteiger partial charge in [-0.25, -0.2) is 4.39 Å². The second-order valence-corrected chi connectivity index (χ2v) is 5.17. The molecule has 0 spiro atoms. The quantitative estimate of drug-likeness (QED) is 0.651. The second-order valence-electron chi connectivity index (χ2n) is 4.31. The van der Waals surface area contributed by atoms with E-state index in [1.165, 1.54) is 18.2 Å². The zero-order chi connectivity index (χ0) is 14.7. The predicted molar refractivity (Wildman–Crippen MR) is 79.2 cm³/mol. The Morgan fingerprint density at radius 1 is 1.30 bits per heavy atom. The summed E-state index contributed by atoms with van der Waals surface area (Å²) in [5.74, 6) is -0.378. The highest BCUT2D eigenvalue weighted by molar-refractivity contribution is 9.10. The molecule has 0 aliphatic carbocycles. The molecule has 0 bridgehead atoms. The molecule has 0 heterocycles. The normalized spacial score (nSPS) is 11.9. The molecule has 6 heteroatoms. The van der Waals surface area contributed by atoms with Crippen LogP contribution in [0.15, 0.2) is 46.9 Å². The van der Waals surface area contributed by atoms with Crippen LogP contribution in [0.25, 0.3) is 0 Å². The van der Waals surface area contributed by atoms with Crippen molar-refractivity contribution < 1.29 is 9.31 Å². The topological polar surface area (TPSA) is 55.2 Å². The maximum atomic E-state index is 13.7. The Morgan fingerprint density at radius 2 is 2.00 bits per heavy atom. The highest BCUT2D eigenvalue weighted by atomic mass is 79.9. The number of rotatable bonds is 4. The molecule has 0 aliphatic heterocycles. The van der Waals surface area contributed by atoms with Crippen LogP contribution in [0.5, 0.6) is 0 Å². The van der Waals surface area contributed by atoms with Crippen LogP contribution >= 0.6 is 15.9 Å². The van der Waals surface area contributed by atoms with E-state index in [1.54, 1.807) is 24.3 Å². The molecule has 20 heavy (non-hydrogen) atoms. The van der Waals surface area contributed by atoms with Gasteiger partial charge in [-0.05, 0) is 40.5 Å². The molecule has 0 aromatic heterocycles. The van der Waals surface area contributed by atoms with Gasteiger partial charge in [0.15, 0.2) is 0 Å². The number of non-ortho nitro benzene ring substituents is 1. The monoisotopic (exact) mass is 338 g/mol. The van der Waals surface area contributed by atoms with E-state index in [0.29, 0.717) is 15.7 Å². The van der Waals surface area contributed by atoms with Crippen LogP contribution in [-0.2, 0) is 0 Å². The van der Waals surface area contributed by atoms with Crippen molar-refractivity contribution in [2.45, 2.75) is 13.0 Å². The molecule has 4 nitrogen and oxygen atoms in total. The molecule has 0 saturated carbocycles. The van der Waals surface area contributed by atoms with E-state index < -0.39 is 4.92 Å². The van der Waals surface area contributed by atoms with Crippen molar-refractivity contribution in [1.82, 2.24) is 0 Å². The largest absolute Gasteiger partial charge is 0.375 e. The van der Waals surface area contributed by atoms with Crippen molar-refractivity contribution in [3.05, 3.63) is 68.4 Å². The van der Waals surface area contributed by atoms with Crippen molar-refractivity contribution >= 4 is 27.3 Å². The maximum Gasteiger partial charge on any atom is 0.269 e. The molecule has 0 saturated heterocycles. The highest BCUT2D eigenvalue weighted by Crippen LogP contribution is 2.29. The highest BCUT2D eigenvalue weighted by Gasteiger charge is 2.14. The molecule has 1 N–H and O–H groups in total. The summed E-state index contributed by atoms with van der Waals surface area (Å²) in [6.45, 7) is 1.82. The fourth-order valence-electron chi connectivity index (χ4n) is 1.84. The average molecular weight is 339 g/mol. The minimum absolute atomic E-state index is 0.0174. The Bertz CT molecular complexity index is 629. The van der Waals surface area contributed by atoms with Crippen molar-refractivity contribution in [1.29, 1.82) is 0 Å². The Hall–Kier alpha value is -1.95. The molecule has 0 radical (unpaired) electrons. The van der Waals surface area contributed by atoms with Gasteiger partial charge in [0, 0.05) is 22.6 Å². The number of nitro benzene ring substituents is 1. The first-order valence-corrected chi connectivity index (χ1v) is 6.73. The molecule has 104 valence electrons. The molecule has 2 aromatic rings. The first-order chi connectivity index (χ1) is 9.49. The Morgan fingerprint density at radius 3 is 2.65 bits per heavy atom. The number of halogens is 2. The third-order valence-electron chi connectivity index (χ3n) is 2.90. The van der Waals surface area contributed by atoms with Crippen LogP contribution in [-0.4, -0.2) is 4.92 Å². The third-order valence-corrected chi connectivity index (χ3v) is 3.57. The van der Waals surface area contributed by atoms with Crippen molar-refractivity contribution in [2.24, 2.45) is 0 Å². The fraction of sp³-hybridized carbons (Fsp3) is 0.143. The van der Waals surface area contributed by atoms with Crippen molar-refractivity contribution in [3.8, 4) is 0 Å². The van der Waals surface area contributed by atoms with Gasteiger partial charge in [0.2, 0.25) is 0 Å². The van der Waals surface area contributed by atoms with Gasteiger partial charge in [-0.15, -0.1) is 0 Å². The third kappa shape index (κ3) is 3.14. The van der Waals surface area contributed by atoms with Crippen LogP contribution in [0.3, 0.4) is 0 Å². The Balaban J connectivity index is 2.26. The number of nitrogens with one attached hydrogen (secondary N) is 1. The predicted octanol–water partition coefficient (Wildman–Crippen LogP) is 4.67. The summed E-state index contributed by atoms with van der Waals surface area (Å²) >= 11 is 3.28. The molecule has 2 aromatic carbocycles. The minimum atomic E-state index is -0.449. The summed E-state index contributed by atoms with van der Waals surface area (Å²) in [6.07, 6.45) is 0. The van der Waals surface area contributed by atoms with Gasteiger partial charge >= 0.3 is 0 Å². The number of hydrogen-bond donors (Lipinski definition) is 1. The summed E-state index contributed by atoms with van der Waals surface area (Å²) < 4.78 is 14.3. The van der Waals surface area contributed by atoms with E-state index in [4.69, 9.17) is 0 Å². The molecular formula is C14H12BrFN2O2. The van der Waals surface area contributed by atoms with Gasteiger partial charge in [-0.3, -0.25) is 10.1 Å². The van der Waals surface area contributed by atoms with Crippen LogP contribution in [0.2, 0.25) is 0 Å². The lowest BCUT2D eigenvalue weighted by Crippen LogP contribution is -2.08. The molecular weight excluding hydrogens is 327 g/mol. The number of nitrogens with zero attached hydrogens (tertiary/aromatic N) is 1. The van der Waals surface area contributed by atoms with Gasteiger partial charge < -0.3 is 5.32 Å². The van der Waals surface area contributed by atoms with Gasteiger partial charge in [-0.1, -0.05) is 18.2 Å². The van der Waals surface area contributed by atoms with E-state index in [1.807, 2.05) is 6.92 Å². The number of nitro groups is 1. The van der Waals surface area contributed by atoms with E-state index in [0.717, 1.165) is 0 Å². The van der Waals surface area contributed by atoms with Gasteiger partial charge in [-0.2, -0.15) is 0 Å². The molecule has 1 unspecified atom stereocenters. The number of hydrogen-bond acceptors (Lipinski definition) is 3. The molecule has 0 amide bonds. The molecule has 1 atom stereocenters. The van der Waals surface area contributed by atoms with Gasteiger partial charge in [0.1, 0.15) is 5.82 Å². The van der Waals surface area contributed by atoms with E-state index in [-0.39, 0.29) is 17.5 Å². The molecule has 0 fully saturated rings. The number of anilines is 1. The summed E-state index contributed by atoms with van der Waals surface area (Å²) in [5.41, 5.74) is 1.07. The smallest absolute Gasteiger partial charge is 0.269 e. The number of benzene rings is 2. The Kier molecular flexibility index (Phi) is 4.34. The zero-order valence-electron chi connectivity index (χ0n) is 10.6. The first kappa shape index (κ1) is 14.5. The molecule has 0 aliphatic rings. The summed E-state index contributed by atoms with van der Waals surface area (Å²) in [6, 6.07) is 10.7. The summed E-state index contributed by atoms with van der Waals surface area (Å²) in [4.78, 5) is 10.3. The maximum absolute atomic E-state index is 13.7. The lowest BCUT2D eigenvalue weighted by Gasteiger charge is -2.17. The van der Waals surface area contributed by atoms with Gasteiger partial charge in [0.05, 0.1) is 10.6 Å². The van der Waals surface area contributed by atoms with E-state index >= 15 is 0 Å². The number of para-hydroxylation sites is 1. The lowest BCUT2D eigenvalue weighted by molar-refractivity contribution is -0.384. The zero-order valence-corrected chi connectivity index (χ0v) is 12.2. The van der Waals surface area contributed by atoms with Crippen LogP contribution in [0, 0.1) is 15.9 Å². The molecule has 2 rings (SSSR count). The minimum Gasteiger partial charge on any atom is -0.375 e. The Labute approximate surface area is 123 Å². The lowest BCUT2D eigenvalue weighted by atomic mass is 10.1. The van der Waals surface area contributed by atoms with Crippen LogP contribution < -0.4 is 5.32 Å². The average Bonchev–Trinajstić information content (AvgIpc) is 2.43. The first-order valence-electron chi connectivity index (χ1n) is 5.94. The van der Waals surface area contributed by atoms with Crippen molar-refractivity contribution in [2.75, 3.05) is 5.32 Å². The van der Waals surface area contributed by atoms with E-state index in [9.17, 15) is 14.5 Å². The van der Waals surface area contributed by atoms with Gasteiger partial charge in [0.25, 0.3) is 5.69 Å². The summed E-state index contributed by atoms with van der Waals surface area (Å²) in [5, 5.41) is 13.8. The van der Waals surface area contributed by atoms with Crippen molar-refractivity contribution in [3.63, 3.8) is 0 Å². The van der Waals surface area contributed by atoms with E-state index in [2.05, 4.69) is 21.2 Å². The van der Waals surface area contributed by atoms with Crippen LogP contribution in [0.1, 0.15) is 18.5 Å². The van der Waals surface area contributed by atoms with Crippen LogP contribution in [0.4, 0.5) is 15.8 Å². The summed E-state index contributed by atoms with van der Waals surface area (Å²) in [7, 11) is 0. The SMILES string of the molecule is CC(Nc1c(F)cccc1Br)c1cccc([N+](=O)[O-])c1. The standard InChI is InChI=1S/C14H12BrFN2O2/c1-9(10-4-2-5-11(8-10)18(19)20)17-14-12(15)6-3-7-13(14)16/h2-9,17H,1H3. The fourth-order valence-corrected chi connectivity index (χ4v) is 2.30. The second kappa shape index (κ2) is 6.00.